The van der Waals surface area contributed by atoms with Crippen molar-refractivity contribution in [2.24, 2.45) is 0 Å². The summed E-state index contributed by atoms with van der Waals surface area (Å²) in [5, 5.41) is 2.64. The Labute approximate surface area is 83.8 Å². The van der Waals surface area contributed by atoms with Crippen LogP contribution >= 0.6 is 0 Å². The highest BCUT2D eigenvalue weighted by Crippen LogP contribution is 2.00. The first-order valence-corrected chi connectivity index (χ1v) is 4.40. The van der Waals surface area contributed by atoms with E-state index in [0.717, 1.165) is 0 Å². The average molecular weight is 203 g/mol. The van der Waals surface area contributed by atoms with Crippen molar-refractivity contribution in [2.75, 3.05) is 13.7 Å². The van der Waals surface area contributed by atoms with Gasteiger partial charge in [0.25, 0.3) is 0 Å². The summed E-state index contributed by atoms with van der Waals surface area (Å²) in [6.07, 6.45) is -0.392. The number of nitrogens with one attached hydrogen (secondary N) is 1. The predicted molar refractivity (Wildman–Crippen MR) is 50.7 cm³/mol. The third kappa shape index (κ3) is 5.53. The van der Waals surface area contributed by atoms with E-state index in [0.29, 0.717) is 6.61 Å². The van der Waals surface area contributed by atoms with Crippen LogP contribution in [0.3, 0.4) is 0 Å². The van der Waals surface area contributed by atoms with Gasteiger partial charge in [0.05, 0.1) is 12.6 Å². The van der Waals surface area contributed by atoms with Gasteiger partial charge in [-0.3, -0.25) is 9.59 Å². The van der Waals surface area contributed by atoms with Crippen molar-refractivity contribution in [2.45, 2.75) is 32.9 Å². The minimum Gasteiger partial charge on any atom is -0.461 e. The van der Waals surface area contributed by atoms with Gasteiger partial charge in [0.2, 0.25) is 5.91 Å². The van der Waals surface area contributed by atoms with E-state index in [-0.39, 0.29) is 17.9 Å². The first-order valence-electron chi connectivity index (χ1n) is 4.40. The molecule has 2 atom stereocenters. The van der Waals surface area contributed by atoms with Gasteiger partial charge in [-0.05, 0) is 6.92 Å². The van der Waals surface area contributed by atoms with Crippen LogP contribution in [0.25, 0.3) is 0 Å². The maximum atomic E-state index is 10.8. The number of methoxy groups -OCH3 is 1. The summed E-state index contributed by atoms with van der Waals surface area (Å²) in [4.78, 5) is 21.5. The maximum absolute atomic E-state index is 10.8. The Kier molecular flexibility index (Phi) is 5.87. The van der Waals surface area contributed by atoms with Crippen LogP contribution < -0.4 is 5.32 Å². The van der Waals surface area contributed by atoms with Crippen LogP contribution in [0, 0.1) is 0 Å². The Hall–Kier alpha value is -1.10. The van der Waals surface area contributed by atoms with E-state index < -0.39 is 6.10 Å². The van der Waals surface area contributed by atoms with Crippen molar-refractivity contribution in [3.63, 3.8) is 0 Å². The number of carbonyl (C=O) groups is 2. The lowest BCUT2D eigenvalue weighted by molar-refractivity contribution is -0.148. The molecule has 0 bridgehead atoms. The van der Waals surface area contributed by atoms with Gasteiger partial charge in [-0.2, -0.15) is 0 Å². The highest BCUT2D eigenvalue weighted by molar-refractivity contribution is 5.73. The molecule has 5 nitrogen and oxygen atoms in total. The number of hydrogen-bond donors (Lipinski definition) is 1. The minimum atomic E-state index is -0.392. The minimum absolute atomic E-state index is 0.175. The van der Waals surface area contributed by atoms with Gasteiger partial charge in [-0.15, -0.1) is 0 Å². The molecule has 0 fully saturated rings. The van der Waals surface area contributed by atoms with E-state index in [9.17, 15) is 9.59 Å². The van der Waals surface area contributed by atoms with Gasteiger partial charge in [0.1, 0.15) is 6.10 Å². The zero-order valence-corrected chi connectivity index (χ0v) is 8.99. The van der Waals surface area contributed by atoms with Crippen LogP contribution in [0.4, 0.5) is 0 Å². The lowest BCUT2D eigenvalue weighted by Gasteiger charge is -2.23. The van der Waals surface area contributed by atoms with Gasteiger partial charge in [-0.25, -0.2) is 0 Å². The smallest absolute Gasteiger partial charge is 0.302 e. The number of ether oxygens (including phenoxy) is 2. The molecule has 0 unspecified atom stereocenters. The fourth-order valence-electron chi connectivity index (χ4n) is 1.08. The van der Waals surface area contributed by atoms with E-state index in [4.69, 9.17) is 9.47 Å². The molecule has 0 radical (unpaired) electrons. The molecule has 0 aliphatic heterocycles. The third-order valence-electron chi connectivity index (χ3n) is 1.65. The van der Waals surface area contributed by atoms with Crippen molar-refractivity contribution in [1.29, 1.82) is 0 Å². The number of amides is 1. The van der Waals surface area contributed by atoms with Crippen LogP contribution in [-0.2, 0) is 19.1 Å². The summed E-state index contributed by atoms with van der Waals surface area (Å²) in [5.41, 5.74) is 0. The third-order valence-corrected chi connectivity index (χ3v) is 1.65. The van der Waals surface area contributed by atoms with Gasteiger partial charge >= 0.3 is 5.97 Å². The van der Waals surface area contributed by atoms with Crippen LogP contribution in [0.2, 0.25) is 0 Å². The molecule has 1 amide bonds. The van der Waals surface area contributed by atoms with E-state index in [1.165, 1.54) is 21.0 Å². The van der Waals surface area contributed by atoms with Gasteiger partial charge in [0, 0.05) is 21.0 Å². The van der Waals surface area contributed by atoms with Crippen molar-refractivity contribution in [3.8, 4) is 0 Å². The molecule has 0 spiro atoms. The average Bonchev–Trinajstić information content (AvgIpc) is 2.01. The first kappa shape index (κ1) is 12.9. The van der Waals surface area contributed by atoms with Crippen molar-refractivity contribution < 1.29 is 19.1 Å². The Balaban J connectivity index is 4.16. The van der Waals surface area contributed by atoms with Crippen molar-refractivity contribution in [1.82, 2.24) is 5.32 Å². The summed E-state index contributed by atoms with van der Waals surface area (Å²) >= 11 is 0. The van der Waals surface area contributed by atoms with Crippen LogP contribution in [0.5, 0.6) is 0 Å². The first-order chi connectivity index (χ1) is 6.47. The maximum Gasteiger partial charge on any atom is 0.302 e. The molecule has 0 aliphatic rings. The topological polar surface area (TPSA) is 64.6 Å². The van der Waals surface area contributed by atoms with Gasteiger partial charge < -0.3 is 14.8 Å². The number of hydrogen-bond acceptors (Lipinski definition) is 4. The lowest BCUT2D eigenvalue weighted by atomic mass is 10.2. The second-order valence-electron chi connectivity index (χ2n) is 3.08. The summed E-state index contributed by atoms with van der Waals surface area (Å²) in [6.45, 7) is 4.76. The predicted octanol–water partition coefficient (Wildman–Crippen LogP) is 0.0891. The van der Waals surface area contributed by atoms with Crippen LogP contribution in [0.15, 0.2) is 0 Å². The zero-order chi connectivity index (χ0) is 11.1. The fourth-order valence-corrected chi connectivity index (χ4v) is 1.08. The molecule has 0 heterocycles. The number of rotatable bonds is 5. The molecule has 0 aromatic carbocycles. The highest BCUT2D eigenvalue weighted by atomic mass is 16.5. The van der Waals surface area contributed by atoms with E-state index in [1.54, 1.807) is 6.92 Å². The Morgan fingerprint density at radius 1 is 1.36 bits per heavy atom. The molecule has 0 aromatic heterocycles. The molecular weight excluding hydrogens is 186 g/mol. The standard InChI is InChI=1S/C9H17NO4/c1-6(14-8(3)12)9(5-13-4)10-7(2)11/h6,9H,5H2,1-4H3,(H,10,11)/t6-,9+/m1/s1. The molecule has 5 heteroatoms. The van der Waals surface area contributed by atoms with Crippen LogP contribution in [-0.4, -0.2) is 37.7 Å². The second-order valence-corrected chi connectivity index (χ2v) is 3.08. The van der Waals surface area contributed by atoms with Crippen LogP contribution in [0.1, 0.15) is 20.8 Å². The lowest BCUT2D eigenvalue weighted by Crippen LogP contribution is -2.45. The van der Waals surface area contributed by atoms with E-state index in [1.807, 2.05) is 0 Å². The second kappa shape index (κ2) is 6.37. The quantitative estimate of drug-likeness (QED) is 0.643. The van der Waals surface area contributed by atoms with Crippen molar-refractivity contribution in [3.05, 3.63) is 0 Å². The Bertz CT molecular complexity index is 205. The molecule has 14 heavy (non-hydrogen) atoms. The monoisotopic (exact) mass is 203 g/mol. The summed E-state index contributed by atoms with van der Waals surface area (Å²) in [6, 6.07) is -0.304. The number of esters is 1. The van der Waals surface area contributed by atoms with Gasteiger partial charge in [0.15, 0.2) is 0 Å². The molecule has 1 N–H and O–H groups in total. The molecule has 0 aliphatic carbocycles. The zero-order valence-electron chi connectivity index (χ0n) is 8.99. The Morgan fingerprint density at radius 3 is 2.29 bits per heavy atom. The molecule has 0 saturated heterocycles. The van der Waals surface area contributed by atoms with E-state index >= 15 is 0 Å². The molecule has 0 rings (SSSR count). The molecular formula is C9H17NO4. The number of carbonyl (C=O) groups excluding carboxylic acids is 2. The summed E-state index contributed by atoms with van der Waals surface area (Å²) in [5.74, 6) is -0.546. The van der Waals surface area contributed by atoms with E-state index in [2.05, 4.69) is 5.32 Å². The normalized spacial score (nSPS) is 14.3. The summed E-state index contributed by atoms with van der Waals surface area (Å²) < 4.78 is 9.83. The largest absolute Gasteiger partial charge is 0.461 e. The summed E-state index contributed by atoms with van der Waals surface area (Å²) in [7, 11) is 1.52. The molecule has 0 aromatic rings. The van der Waals surface area contributed by atoms with Crippen molar-refractivity contribution >= 4 is 11.9 Å². The Morgan fingerprint density at radius 2 is 1.93 bits per heavy atom. The fraction of sp³-hybridized carbons (Fsp3) is 0.778. The SMILES string of the molecule is COC[C@H](NC(C)=O)[C@@H](C)OC(C)=O. The highest BCUT2D eigenvalue weighted by Gasteiger charge is 2.20. The molecule has 0 saturated carbocycles. The molecule has 82 valence electrons. The van der Waals surface area contributed by atoms with Gasteiger partial charge in [-0.1, -0.05) is 0 Å².